The van der Waals surface area contributed by atoms with Crippen molar-refractivity contribution in [3.05, 3.63) is 64.6 Å². The van der Waals surface area contributed by atoms with E-state index < -0.39 is 21.9 Å². The molecule has 0 spiro atoms. The first-order valence-corrected chi connectivity index (χ1v) is 13.4. The zero-order valence-electron chi connectivity index (χ0n) is 21.6. The van der Waals surface area contributed by atoms with Crippen LogP contribution >= 0.6 is 11.6 Å². The van der Waals surface area contributed by atoms with E-state index in [9.17, 15) is 18.0 Å². The summed E-state index contributed by atoms with van der Waals surface area (Å²) < 4.78 is 42.2. The van der Waals surface area contributed by atoms with Crippen molar-refractivity contribution in [3.63, 3.8) is 0 Å². The third-order valence-corrected chi connectivity index (χ3v) is 6.05. The second-order valence-electron chi connectivity index (χ2n) is 9.16. The number of methoxy groups -OCH3 is 2. The fourth-order valence-corrected chi connectivity index (χ4v) is 4.00. The molecule has 0 aliphatic carbocycles. The molecular formula is C25H27ClN4O7S. The standard InChI is InChI=1S/C25H27ClN4O7S/c1-25(2,3)15-10-17(22(35-4)18(11-15)30-38(6,33)34)29-23(31)14-7-8-16(26)20(9-14)37-21-12-19(24(32)36-5)27-13-28-21/h7-13,30H,1-6H3,(H,29,31). The van der Waals surface area contributed by atoms with Crippen molar-refractivity contribution in [2.75, 3.05) is 30.5 Å². The molecular weight excluding hydrogens is 536 g/mol. The van der Waals surface area contributed by atoms with Gasteiger partial charge in [-0.3, -0.25) is 9.52 Å². The molecule has 3 rings (SSSR count). The van der Waals surface area contributed by atoms with E-state index in [1.54, 1.807) is 12.1 Å². The van der Waals surface area contributed by atoms with Gasteiger partial charge in [0.2, 0.25) is 15.9 Å². The Balaban J connectivity index is 1.97. The average molecular weight is 563 g/mol. The van der Waals surface area contributed by atoms with Gasteiger partial charge in [-0.2, -0.15) is 0 Å². The van der Waals surface area contributed by atoms with Crippen molar-refractivity contribution < 1.29 is 32.2 Å². The number of nitrogens with zero attached hydrogens (tertiary/aromatic N) is 2. The highest BCUT2D eigenvalue weighted by atomic mass is 35.5. The number of sulfonamides is 1. The van der Waals surface area contributed by atoms with Crippen molar-refractivity contribution in [1.29, 1.82) is 0 Å². The molecule has 11 nitrogen and oxygen atoms in total. The van der Waals surface area contributed by atoms with Gasteiger partial charge in [0, 0.05) is 11.6 Å². The van der Waals surface area contributed by atoms with E-state index in [2.05, 4.69) is 24.7 Å². The van der Waals surface area contributed by atoms with Gasteiger partial charge in [-0.25, -0.2) is 23.2 Å². The summed E-state index contributed by atoms with van der Waals surface area (Å²) in [5.74, 6) is -0.968. The maximum absolute atomic E-state index is 13.2. The third-order valence-electron chi connectivity index (χ3n) is 5.15. The number of carbonyl (C=O) groups is 2. The third kappa shape index (κ3) is 7.11. The summed E-state index contributed by atoms with van der Waals surface area (Å²) in [6.45, 7) is 5.85. The minimum Gasteiger partial charge on any atom is -0.492 e. The van der Waals surface area contributed by atoms with Crippen molar-refractivity contribution in [1.82, 2.24) is 9.97 Å². The van der Waals surface area contributed by atoms with Crippen LogP contribution in [0.5, 0.6) is 17.4 Å². The van der Waals surface area contributed by atoms with Gasteiger partial charge in [0.15, 0.2) is 11.4 Å². The summed E-state index contributed by atoms with van der Waals surface area (Å²) in [5.41, 5.74) is 0.973. The zero-order chi connectivity index (χ0) is 28.3. The minimum absolute atomic E-state index is 0.0101. The monoisotopic (exact) mass is 562 g/mol. The van der Waals surface area contributed by atoms with E-state index in [0.717, 1.165) is 18.1 Å². The van der Waals surface area contributed by atoms with Crippen molar-refractivity contribution in [3.8, 4) is 17.4 Å². The topological polar surface area (TPSA) is 146 Å². The fourth-order valence-electron chi connectivity index (χ4n) is 3.29. The van der Waals surface area contributed by atoms with Crippen LogP contribution in [0.3, 0.4) is 0 Å². The highest BCUT2D eigenvalue weighted by Crippen LogP contribution is 2.39. The van der Waals surface area contributed by atoms with Gasteiger partial charge in [0.1, 0.15) is 12.1 Å². The van der Waals surface area contributed by atoms with Crippen LogP contribution in [0.25, 0.3) is 0 Å². The van der Waals surface area contributed by atoms with Crippen LogP contribution in [-0.4, -0.2) is 50.7 Å². The Morgan fingerprint density at radius 3 is 2.29 bits per heavy atom. The van der Waals surface area contributed by atoms with Gasteiger partial charge in [-0.05, 0) is 41.3 Å². The number of aromatic nitrogens is 2. The average Bonchev–Trinajstić information content (AvgIpc) is 2.83. The Kier molecular flexibility index (Phi) is 8.48. The smallest absolute Gasteiger partial charge is 0.356 e. The summed E-state index contributed by atoms with van der Waals surface area (Å²) in [6.07, 6.45) is 2.15. The van der Waals surface area contributed by atoms with Gasteiger partial charge in [-0.1, -0.05) is 32.4 Å². The van der Waals surface area contributed by atoms with Gasteiger partial charge >= 0.3 is 5.97 Å². The number of nitrogens with one attached hydrogen (secondary N) is 2. The number of benzene rings is 2. The normalized spacial score (nSPS) is 11.4. The molecule has 1 heterocycles. The van der Waals surface area contributed by atoms with Crippen LogP contribution in [0, 0.1) is 0 Å². The van der Waals surface area contributed by atoms with Crippen LogP contribution < -0.4 is 19.5 Å². The quantitative estimate of drug-likeness (QED) is 0.375. The number of amides is 1. The van der Waals surface area contributed by atoms with Crippen LogP contribution in [-0.2, 0) is 20.2 Å². The van der Waals surface area contributed by atoms with Crippen molar-refractivity contribution in [2.45, 2.75) is 26.2 Å². The molecule has 0 radical (unpaired) electrons. The molecule has 0 saturated carbocycles. The highest BCUT2D eigenvalue weighted by Gasteiger charge is 2.23. The molecule has 13 heteroatoms. The summed E-state index contributed by atoms with van der Waals surface area (Å²) in [6, 6.07) is 9.00. The molecule has 2 N–H and O–H groups in total. The molecule has 38 heavy (non-hydrogen) atoms. The van der Waals surface area contributed by atoms with E-state index in [1.807, 2.05) is 20.8 Å². The molecule has 0 aliphatic heterocycles. The van der Waals surface area contributed by atoms with Crippen LogP contribution in [0.4, 0.5) is 11.4 Å². The van der Waals surface area contributed by atoms with E-state index in [-0.39, 0.29) is 50.4 Å². The molecule has 0 fully saturated rings. The first kappa shape index (κ1) is 28.7. The summed E-state index contributed by atoms with van der Waals surface area (Å²) in [4.78, 5) is 32.8. The van der Waals surface area contributed by atoms with Crippen LogP contribution in [0.2, 0.25) is 5.02 Å². The van der Waals surface area contributed by atoms with E-state index in [0.29, 0.717) is 0 Å². The second kappa shape index (κ2) is 11.2. The molecule has 202 valence electrons. The maximum atomic E-state index is 13.2. The molecule has 1 aromatic heterocycles. The molecule has 1 amide bonds. The zero-order valence-corrected chi connectivity index (χ0v) is 23.2. The minimum atomic E-state index is -3.63. The second-order valence-corrected chi connectivity index (χ2v) is 11.3. The predicted molar refractivity (Wildman–Crippen MR) is 143 cm³/mol. The van der Waals surface area contributed by atoms with Crippen molar-refractivity contribution >= 4 is 44.9 Å². The molecule has 0 aliphatic rings. The number of hydrogen-bond donors (Lipinski definition) is 2. The fraction of sp³-hybridized carbons (Fsp3) is 0.280. The van der Waals surface area contributed by atoms with Crippen LogP contribution in [0.15, 0.2) is 42.7 Å². The Morgan fingerprint density at radius 1 is 1.00 bits per heavy atom. The van der Waals surface area contributed by atoms with Crippen LogP contribution in [0.1, 0.15) is 47.2 Å². The Bertz CT molecular complexity index is 1490. The van der Waals surface area contributed by atoms with Gasteiger partial charge < -0.3 is 19.5 Å². The Morgan fingerprint density at radius 2 is 1.68 bits per heavy atom. The highest BCUT2D eigenvalue weighted by molar-refractivity contribution is 7.92. The number of anilines is 2. The molecule has 0 bridgehead atoms. The first-order chi connectivity index (χ1) is 17.7. The largest absolute Gasteiger partial charge is 0.492 e. The number of hydrogen-bond acceptors (Lipinski definition) is 9. The summed E-state index contributed by atoms with van der Waals surface area (Å²) >= 11 is 6.26. The lowest BCUT2D eigenvalue weighted by Crippen LogP contribution is -2.18. The summed E-state index contributed by atoms with van der Waals surface area (Å²) in [7, 11) is -1.05. The SMILES string of the molecule is COC(=O)c1cc(Oc2cc(C(=O)Nc3cc(C(C)(C)C)cc(NS(C)(=O)=O)c3OC)ccc2Cl)ncn1. The van der Waals surface area contributed by atoms with E-state index >= 15 is 0 Å². The molecule has 0 atom stereocenters. The van der Waals surface area contributed by atoms with Gasteiger partial charge in [-0.15, -0.1) is 0 Å². The van der Waals surface area contributed by atoms with Gasteiger partial charge in [0.25, 0.3) is 5.91 Å². The molecule has 3 aromatic rings. The lowest BCUT2D eigenvalue weighted by Gasteiger charge is -2.24. The van der Waals surface area contributed by atoms with E-state index in [1.165, 1.54) is 38.5 Å². The maximum Gasteiger partial charge on any atom is 0.356 e. The number of halogens is 1. The lowest BCUT2D eigenvalue weighted by molar-refractivity contribution is 0.0593. The molecule has 2 aromatic carbocycles. The van der Waals surface area contributed by atoms with Gasteiger partial charge in [0.05, 0.1) is 36.9 Å². The molecule has 0 unspecified atom stereocenters. The first-order valence-electron chi connectivity index (χ1n) is 11.1. The lowest BCUT2D eigenvalue weighted by atomic mass is 9.86. The summed E-state index contributed by atoms with van der Waals surface area (Å²) in [5, 5.41) is 2.96. The van der Waals surface area contributed by atoms with Crippen molar-refractivity contribution in [2.24, 2.45) is 0 Å². The number of rotatable bonds is 8. The molecule has 0 saturated heterocycles. The predicted octanol–water partition coefficient (Wildman–Crippen LogP) is 4.64. The number of ether oxygens (including phenoxy) is 3. The Labute approximate surface area is 225 Å². The Hall–Kier alpha value is -3.90. The number of carbonyl (C=O) groups excluding carboxylic acids is 2. The number of esters is 1. The van der Waals surface area contributed by atoms with E-state index in [4.69, 9.17) is 21.1 Å².